The van der Waals surface area contributed by atoms with Gasteiger partial charge < -0.3 is 14.7 Å². The Hall–Kier alpha value is -3.64. The van der Waals surface area contributed by atoms with Gasteiger partial charge in [-0.1, -0.05) is 60.1 Å². The molecule has 0 radical (unpaired) electrons. The molecule has 0 bridgehead atoms. The topological polar surface area (TPSA) is 60.9 Å². The lowest BCUT2D eigenvalue weighted by molar-refractivity contribution is -0.149. The first-order chi connectivity index (χ1) is 17.4. The van der Waals surface area contributed by atoms with Crippen LogP contribution in [0.2, 0.25) is 5.02 Å². The number of carbonyl (C=O) groups excluding carboxylic acids is 3. The summed E-state index contributed by atoms with van der Waals surface area (Å²) >= 11 is 6.14. The van der Waals surface area contributed by atoms with Crippen molar-refractivity contribution >= 4 is 35.0 Å². The molecule has 0 N–H and O–H groups in total. The first kappa shape index (κ1) is 24.1. The van der Waals surface area contributed by atoms with Crippen LogP contribution < -0.4 is 4.90 Å². The lowest BCUT2D eigenvalue weighted by Crippen LogP contribution is -2.67. The van der Waals surface area contributed by atoms with Crippen molar-refractivity contribution in [2.75, 3.05) is 31.6 Å². The van der Waals surface area contributed by atoms with Crippen molar-refractivity contribution in [2.45, 2.75) is 18.9 Å². The molecule has 6 nitrogen and oxygen atoms in total. The molecular weight excluding hydrogens is 474 g/mol. The molecule has 2 heterocycles. The molecule has 2 saturated heterocycles. The van der Waals surface area contributed by atoms with E-state index in [0.29, 0.717) is 36.5 Å². The van der Waals surface area contributed by atoms with Crippen molar-refractivity contribution in [1.29, 1.82) is 0 Å². The zero-order chi connectivity index (χ0) is 25.3. The Bertz CT molecular complexity index is 1260. The zero-order valence-electron chi connectivity index (χ0n) is 20.1. The number of nitrogens with zero attached hydrogens (tertiary/aromatic N) is 3. The fourth-order valence-electron chi connectivity index (χ4n) is 5.44. The Morgan fingerprint density at radius 1 is 0.917 bits per heavy atom. The van der Waals surface area contributed by atoms with E-state index in [4.69, 9.17) is 11.6 Å². The number of hydrogen-bond donors (Lipinski definition) is 0. The van der Waals surface area contributed by atoms with Gasteiger partial charge in [-0.3, -0.25) is 14.4 Å². The molecule has 2 aliphatic rings. The van der Waals surface area contributed by atoms with Crippen LogP contribution in [0.3, 0.4) is 0 Å². The first-order valence-electron chi connectivity index (χ1n) is 12.1. The second-order valence-corrected chi connectivity index (χ2v) is 9.97. The van der Waals surface area contributed by atoms with Crippen LogP contribution in [0.25, 0.3) is 0 Å². The van der Waals surface area contributed by atoms with Gasteiger partial charge in [-0.25, -0.2) is 0 Å². The molecule has 3 aromatic rings. The number of rotatable bonds is 5. The fraction of sp³-hybridized carbons (Fsp3) is 0.276. The number of halogens is 1. The van der Waals surface area contributed by atoms with Gasteiger partial charge in [0.05, 0.1) is 18.0 Å². The monoisotopic (exact) mass is 501 g/mol. The fourth-order valence-corrected chi connectivity index (χ4v) is 5.57. The van der Waals surface area contributed by atoms with Crippen LogP contribution in [-0.4, -0.2) is 54.2 Å². The minimum atomic E-state index is -0.563. The largest absolute Gasteiger partial charge is 0.341 e. The van der Waals surface area contributed by atoms with Gasteiger partial charge in [0.2, 0.25) is 11.8 Å². The van der Waals surface area contributed by atoms with Crippen molar-refractivity contribution in [1.82, 2.24) is 9.80 Å². The van der Waals surface area contributed by atoms with Gasteiger partial charge in [0.1, 0.15) is 0 Å². The maximum Gasteiger partial charge on any atom is 0.254 e. The third-order valence-corrected chi connectivity index (χ3v) is 7.65. The summed E-state index contributed by atoms with van der Waals surface area (Å²) < 4.78 is 0. The standard InChI is InChI=1S/C29H28ClN3O3/c1-31(27(35)22-8-4-2-5-9-22)20-25(34)32-18-16-29(17-19-32)26(21-12-14-23(30)15-13-21)33(28(29)36)24-10-6-3-7-11-24/h2-15,26H,16-20H2,1H3. The average molecular weight is 502 g/mol. The lowest BCUT2D eigenvalue weighted by atomic mass is 9.62. The quantitative estimate of drug-likeness (QED) is 0.471. The number of para-hydroxylation sites is 1. The van der Waals surface area contributed by atoms with E-state index in [1.165, 1.54) is 4.90 Å². The summed E-state index contributed by atoms with van der Waals surface area (Å²) in [5.74, 6) is -0.198. The van der Waals surface area contributed by atoms with E-state index in [0.717, 1.165) is 11.3 Å². The summed E-state index contributed by atoms with van der Waals surface area (Å²) in [6, 6.07) is 26.2. The van der Waals surface area contributed by atoms with E-state index >= 15 is 0 Å². The molecule has 5 rings (SSSR count). The highest BCUT2D eigenvalue weighted by molar-refractivity contribution is 6.30. The Kier molecular flexibility index (Phi) is 6.54. The van der Waals surface area contributed by atoms with E-state index < -0.39 is 5.41 Å². The van der Waals surface area contributed by atoms with E-state index in [2.05, 4.69) is 0 Å². The van der Waals surface area contributed by atoms with Crippen molar-refractivity contribution in [3.8, 4) is 0 Å². The minimum absolute atomic E-state index is 0.00538. The van der Waals surface area contributed by atoms with Crippen LogP contribution in [0, 0.1) is 5.41 Å². The number of hydrogen-bond acceptors (Lipinski definition) is 3. The highest BCUT2D eigenvalue weighted by Gasteiger charge is 2.62. The number of anilines is 1. The van der Waals surface area contributed by atoms with Crippen LogP contribution >= 0.6 is 11.6 Å². The lowest BCUT2D eigenvalue weighted by Gasteiger charge is -2.59. The number of β-lactam (4-membered cyclic amide) rings is 1. The van der Waals surface area contributed by atoms with Crippen LogP contribution in [0.15, 0.2) is 84.9 Å². The van der Waals surface area contributed by atoms with Gasteiger partial charge in [0.15, 0.2) is 0 Å². The molecule has 3 aromatic carbocycles. The van der Waals surface area contributed by atoms with Crippen molar-refractivity contribution in [3.05, 3.63) is 101 Å². The van der Waals surface area contributed by atoms with E-state index in [9.17, 15) is 14.4 Å². The van der Waals surface area contributed by atoms with Crippen molar-refractivity contribution < 1.29 is 14.4 Å². The van der Waals surface area contributed by atoms with Crippen molar-refractivity contribution in [3.63, 3.8) is 0 Å². The highest BCUT2D eigenvalue weighted by atomic mass is 35.5. The number of benzene rings is 3. The molecule has 184 valence electrons. The summed E-state index contributed by atoms with van der Waals surface area (Å²) in [7, 11) is 1.64. The van der Waals surface area contributed by atoms with Gasteiger partial charge in [-0.15, -0.1) is 0 Å². The van der Waals surface area contributed by atoms with Crippen LogP contribution in [0.1, 0.15) is 34.8 Å². The molecule has 36 heavy (non-hydrogen) atoms. The molecule has 0 aromatic heterocycles. The number of piperidine rings is 1. The normalized spacial score (nSPS) is 18.6. The summed E-state index contributed by atoms with van der Waals surface area (Å²) in [6.07, 6.45) is 1.15. The molecular formula is C29H28ClN3O3. The number of amides is 3. The minimum Gasteiger partial charge on any atom is -0.341 e. The average Bonchev–Trinajstić information content (AvgIpc) is 2.92. The second kappa shape index (κ2) is 9.78. The van der Waals surface area contributed by atoms with Gasteiger partial charge in [0.25, 0.3) is 5.91 Å². The van der Waals surface area contributed by atoms with E-state index in [-0.39, 0.29) is 30.3 Å². The maximum atomic E-state index is 13.6. The molecule has 2 fully saturated rings. The predicted molar refractivity (Wildman–Crippen MR) is 140 cm³/mol. The number of likely N-dealkylation sites (tertiary alicyclic amines) is 1. The molecule has 1 spiro atoms. The molecule has 7 heteroatoms. The van der Waals surface area contributed by atoms with Crippen molar-refractivity contribution in [2.24, 2.45) is 5.41 Å². The molecule has 0 aliphatic carbocycles. The predicted octanol–water partition coefficient (Wildman–Crippen LogP) is 4.81. The molecule has 0 saturated carbocycles. The van der Waals surface area contributed by atoms with E-state index in [1.807, 2.05) is 65.6 Å². The number of likely N-dealkylation sites (N-methyl/N-ethyl adjacent to an activating group) is 1. The molecule has 1 atom stereocenters. The summed E-state index contributed by atoms with van der Waals surface area (Å²) in [4.78, 5) is 44.4. The SMILES string of the molecule is CN(CC(=O)N1CCC2(CC1)C(=O)N(c1ccccc1)C2c1ccc(Cl)cc1)C(=O)c1ccccc1. The van der Waals surface area contributed by atoms with Crippen LogP contribution in [0.4, 0.5) is 5.69 Å². The van der Waals surface area contributed by atoms with Gasteiger partial charge in [-0.2, -0.15) is 0 Å². The summed E-state index contributed by atoms with van der Waals surface area (Å²) in [5.41, 5.74) is 1.90. The Morgan fingerprint density at radius 2 is 1.50 bits per heavy atom. The Morgan fingerprint density at radius 3 is 2.11 bits per heavy atom. The van der Waals surface area contributed by atoms with Gasteiger partial charge >= 0.3 is 0 Å². The third kappa shape index (κ3) is 4.26. The summed E-state index contributed by atoms with van der Waals surface area (Å²) in [5, 5.41) is 0.652. The molecule has 3 amide bonds. The van der Waals surface area contributed by atoms with Crippen LogP contribution in [-0.2, 0) is 9.59 Å². The zero-order valence-corrected chi connectivity index (χ0v) is 20.9. The Balaban J connectivity index is 1.30. The Labute approximate surface area is 216 Å². The highest BCUT2D eigenvalue weighted by Crippen LogP contribution is 2.57. The van der Waals surface area contributed by atoms with Crippen LogP contribution in [0.5, 0.6) is 0 Å². The van der Waals surface area contributed by atoms with Gasteiger partial charge in [-0.05, 0) is 54.8 Å². The third-order valence-electron chi connectivity index (χ3n) is 7.39. The molecule has 2 aliphatic heterocycles. The molecule has 1 unspecified atom stereocenters. The second-order valence-electron chi connectivity index (χ2n) is 9.53. The number of carbonyl (C=O) groups is 3. The smallest absolute Gasteiger partial charge is 0.254 e. The first-order valence-corrected chi connectivity index (χ1v) is 12.5. The summed E-state index contributed by atoms with van der Waals surface area (Å²) in [6.45, 7) is 0.959. The van der Waals surface area contributed by atoms with Gasteiger partial charge in [0, 0.05) is 36.4 Å². The van der Waals surface area contributed by atoms with E-state index in [1.54, 1.807) is 36.2 Å². The maximum absolute atomic E-state index is 13.6.